The molecule has 0 radical (unpaired) electrons. The van der Waals surface area contributed by atoms with Crippen molar-refractivity contribution in [3.05, 3.63) is 107 Å². The summed E-state index contributed by atoms with van der Waals surface area (Å²) in [6.45, 7) is 0. The Balaban J connectivity index is 1.35. The summed E-state index contributed by atoms with van der Waals surface area (Å²) in [4.78, 5) is 14.5. The average molecular weight is 447 g/mol. The van der Waals surface area contributed by atoms with E-state index >= 15 is 0 Å². The summed E-state index contributed by atoms with van der Waals surface area (Å²) in [5, 5.41) is 1.04. The van der Waals surface area contributed by atoms with Crippen molar-refractivity contribution in [1.82, 2.24) is 19.4 Å². The van der Waals surface area contributed by atoms with Crippen LogP contribution in [0.3, 0.4) is 0 Å². The van der Waals surface area contributed by atoms with Crippen molar-refractivity contribution >= 4 is 38.6 Å². The van der Waals surface area contributed by atoms with Crippen LogP contribution < -0.4 is 0 Å². The second-order valence-electron chi connectivity index (χ2n) is 9.72. The molecule has 0 spiro atoms. The van der Waals surface area contributed by atoms with E-state index in [1.807, 2.05) is 24.5 Å². The SMILES string of the molecule is c1ccc2c(c1)Cc1cc3c(cc1-2)-c1cc2nc4c5ncccc5c5ncccc5n4c2cc1C3. The van der Waals surface area contributed by atoms with Crippen LogP contribution in [0.2, 0.25) is 0 Å². The Morgan fingerprint density at radius 1 is 0.571 bits per heavy atom. The van der Waals surface area contributed by atoms with Crippen molar-refractivity contribution in [2.75, 3.05) is 0 Å². The molecule has 7 aromatic rings. The van der Waals surface area contributed by atoms with Crippen molar-refractivity contribution in [3.8, 4) is 22.3 Å². The third kappa shape index (κ3) is 2.20. The van der Waals surface area contributed by atoms with Crippen molar-refractivity contribution < 1.29 is 0 Å². The zero-order valence-electron chi connectivity index (χ0n) is 18.8. The molecule has 0 saturated heterocycles. The molecule has 0 bridgehead atoms. The van der Waals surface area contributed by atoms with Crippen LogP contribution >= 0.6 is 0 Å². The summed E-state index contributed by atoms with van der Waals surface area (Å²) < 4.78 is 2.24. The Hall–Kier alpha value is -4.57. The summed E-state index contributed by atoms with van der Waals surface area (Å²) in [7, 11) is 0. The van der Waals surface area contributed by atoms with E-state index in [1.54, 1.807) is 0 Å². The minimum Gasteiger partial charge on any atom is -0.289 e. The first kappa shape index (κ1) is 17.8. The van der Waals surface area contributed by atoms with Gasteiger partial charge >= 0.3 is 0 Å². The molecule has 4 heterocycles. The number of fused-ring (bicyclic) bond motifs is 14. The van der Waals surface area contributed by atoms with Gasteiger partial charge in [-0.1, -0.05) is 30.3 Å². The van der Waals surface area contributed by atoms with E-state index in [2.05, 4.69) is 65.1 Å². The van der Waals surface area contributed by atoms with E-state index in [0.717, 1.165) is 51.5 Å². The number of nitrogens with zero attached hydrogens (tertiary/aromatic N) is 4. The zero-order chi connectivity index (χ0) is 22.7. The second kappa shape index (κ2) is 6.10. The molecule has 0 aliphatic heterocycles. The molecule has 35 heavy (non-hydrogen) atoms. The Bertz CT molecular complexity index is 2070. The van der Waals surface area contributed by atoms with Gasteiger partial charge in [0.2, 0.25) is 0 Å². The summed E-state index contributed by atoms with van der Waals surface area (Å²) in [5.74, 6) is 0. The van der Waals surface area contributed by atoms with Gasteiger partial charge in [0.05, 0.1) is 22.1 Å². The summed E-state index contributed by atoms with van der Waals surface area (Å²) in [5.41, 5.74) is 17.0. The van der Waals surface area contributed by atoms with E-state index in [0.29, 0.717) is 0 Å². The first-order chi connectivity index (χ1) is 17.3. The van der Waals surface area contributed by atoms with Crippen LogP contribution in [0.15, 0.2) is 85.2 Å². The third-order valence-corrected chi connectivity index (χ3v) is 7.87. The van der Waals surface area contributed by atoms with Gasteiger partial charge in [-0.2, -0.15) is 0 Å². The molecule has 2 aliphatic rings. The van der Waals surface area contributed by atoms with Crippen LogP contribution in [0.5, 0.6) is 0 Å². The lowest BCUT2D eigenvalue weighted by Gasteiger charge is -2.08. The Morgan fingerprint density at radius 2 is 1.31 bits per heavy atom. The van der Waals surface area contributed by atoms with Crippen LogP contribution in [0.1, 0.15) is 22.3 Å². The van der Waals surface area contributed by atoms with Crippen LogP contribution in [-0.4, -0.2) is 19.4 Å². The molecule has 0 fully saturated rings. The number of hydrogen-bond donors (Lipinski definition) is 0. The maximum atomic E-state index is 5.13. The molecule has 4 aromatic heterocycles. The minimum atomic E-state index is 0.892. The smallest absolute Gasteiger partial charge is 0.165 e. The molecule has 0 unspecified atom stereocenters. The predicted molar refractivity (Wildman–Crippen MR) is 140 cm³/mol. The van der Waals surface area contributed by atoms with E-state index in [9.17, 15) is 0 Å². The topological polar surface area (TPSA) is 43.1 Å². The maximum absolute atomic E-state index is 5.13. The molecule has 4 nitrogen and oxygen atoms in total. The zero-order valence-corrected chi connectivity index (χ0v) is 18.8. The number of aromatic nitrogens is 4. The fraction of sp³-hybridized carbons (Fsp3) is 0.0645. The first-order valence-corrected chi connectivity index (χ1v) is 12.0. The van der Waals surface area contributed by atoms with Crippen molar-refractivity contribution in [1.29, 1.82) is 0 Å². The Morgan fingerprint density at radius 3 is 2.26 bits per heavy atom. The minimum absolute atomic E-state index is 0.892. The largest absolute Gasteiger partial charge is 0.289 e. The van der Waals surface area contributed by atoms with Crippen molar-refractivity contribution in [2.24, 2.45) is 0 Å². The molecule has 0 N–H and O–H groups in total. The monoisotopic (exact) mass is 446 g/mol. The van der Waals surface area contributed by atoms with Gasteiger partial charge in [0, 0.05) is 17.8 Å². The standard InChI is InChI=1S/C31H18N4/c1-2-6-21-17(5-1)11-18-12-19-13-20-14-28-26(16-25(20)24(19)15-23(18)21)34-31-30-22(7-3-9-33-30)29-27(35(28)31)8-4-10-32-29/h1-10,12,14-16H,11,13H2. The average Bonchev–Trinajstić information content (AvgIpc) is 3.56. The Kier molecular flexibility index (Phi) is 3.11. The van der Waals surface area contributed by atoms with Gasteiger partial charge in [-0.05, 0) is 99.8 Å². The quantitative estimate of drug-likeness (QED) is 0.243. The molecule has 0 saturated carbocycles. The highest BCUT2D eigenvalue weighted by molar-refractivity contribution is 6.10. The van der Waals surface area contributed by atoms with E-state index in [4.69, 9.17) is 15.0 Å². The maximum Gasteiger partial charge on any atom is 0.165 e. The summed E-state index contributed by atoms with van der Waals surface area (Å²) in [6, 6.07) is 26.5. The van der Waals surface area contributed by atoms with Gasteiger partial charge < -0.3 is 0 Å². The van der Waals surface area contributed by atoms with Crippen LogP contribution in [-0.2, 0) is 12.8 Å². The normalized spacial score (nSPS) is 13.5. The number of hydrogen-bond acceptors (Lipinski definition) is 3. The van der Waals surface area contributed by atoms with Crippen LogP contribution in [0, 0.1) is 0 Å². The molecule has 0 amide bonds. The lowest BCUT2D eigenvalue weighted by molar-refractivity contribution is 1.21. The molecular weight excluding hydrogens is 428 g/mol. The molecule has 162 valence electrons. The van der Waals surface area contributed by atoms with E-state index in [-0.39, 0.29) is 0 Å². The van der Waals surface area contributed by atoms with Gasteiger partial charge in [-0.25, -0.2) is 4.98 Å². The van der Waals surface area contributed by atoms with E-state index < -0.39 is 0 Å². The predicted octanol–water partition coefficient (Wildman–Crippen LogP) is 6.73. The fourth-order valence-corrected chi connectivity index (χ4v) is 6.36. The van der Waals surface area contributed by atoms with Gasteiger partial charge in [0.15, 0.2) is 5.65 Å². The fourth-order valence-electron chi connectivity index (χ4n) is 6.36. The van der Waals surface area contributed by atoms with Crippen molar-refractivity contribution in [3.63, 3.8) is 0 Å². The molecule has 0 atom stereocenters. The molecule has 9 rings (SSSR count). The summed E-state index contributed by atoms with van der Waals surface area (Å²) in [6.07, 6.45) is 5.68. The Labute approximate surface area is 200 Å². The number of benzene rings is 3. The van der Waals surface area contributed by atoms with Gasteiger partial charge in [0.25, 0.3) is 0 Å². The van der Waals surface area contributed by atoms with Crippen molar-refractivity contribution in [2.45, 2.75) is 12.8 Å². The van der Waals surface area contributed by atoms with Gasteiger partial charge in [-0.15, -0.1) is 0 Å². The lowest BCUT2D eigenvalue weighted by atomic mass is 9.98. The van der Waals surface area contributed by atoms with Crippen LogP contribution in [0.4, 0.5) is 0 Å². The molecule has 3 aromatic carbocycles. The molecular formula is C31H18N4. The number of imidazole rings is 1. The van der Waals surface area contributed by atoms with E-state index in [1.165, 1.54) is 44.5 Å². The lowest BCUT2D eigenvalue weighted by Crippen LogP contribution is -1.94. The number of rotatable bonds is 0. The highest BCUT2D eigenvalue weighted by atomic mass is 15.0. The third-order valence-electron chi connectivity index (χ3n) is 7.87. The second-order valence-corrected chi connectivity index (χ2v) is 9.72. The highest BCUT2D eigenvalue weighted by Gasteiger charge is 2.26. The summed E-state index contributed by atoms with van der Waals surface area (Å²) >= 11 is 0. The highest BCUT2D eigenvalue weighted by Crippen LogP contribution is 2.46. The number of pyridine rings is 3. The van der Waals surface area contributed by atoms with Gasteiger partial charge in [-0.3, -0.25) is 14.4 Å². The van der Waals surface area contributed by atoms with Crippen LogP contribution in [0.25, 0.3) is 60.9 Å². The molecule has 4 heteroatoms. The first-order valence-electron chi connectivity index (χ1n) is 12.0. The van der Waals surface area contributed by atoms with Gasteiger partial charge in [0.1, 0.15) is 5.52 Å². The molecule has 2 aliphatic carbocycles.